The minimum atomic E-state index is -4.81. The molecule has 1 aliphatic carbocycles. The Morgan fingerprint density at radius 1 is 1.21 bits per heavy atom. The fraction of sp³-hybridized carbons (Fsp3) is 0.526. The third kappa shape index (κ3) is 5.85. The lowest BCUT2D eigenvalue weighted by Gasteiger charge is -2.27. The number of halogens is 3. The van der Waals surface area contributed by atoms with Gasteiger partial charge in [0.2, 0.25) is 11.8 Å². The number of hydrogen-bond acceptors (Lipinski definition) is 4. The molecule has 1 aliphatic heterocycles. The number of rotatable bonds is 5. The molecule has 1 saturated heterocycles. The topological polar surface area (TPSA) is 96.5 Å². The molecule has 3 N–H and O–H groups in total. The van der Waals surface area contributed by atoms with Crippen LogP contribution in [0.1, 0.15) is 43.7 Å². The Morgan fingerprint density at radius 3 is 2.62 bits per heavy atom. The van der Waals surface area contributed by atoms with Crippen LogP contribution in [0.5, 0.6) is 5.75 Å². The van der Waals surface area contributed by atoms with E-state index in [9.17, 15) is 27.6 Å². The number of imide groups is 1. The van der Waals surface area contributed by atoms with Crippen molar-refractivity contribution < 1.29 is 32.3 Å². The Bertz CT molecular complexity index is 778. The van der Waals surface area contributed by atoms with Crippen LogP contribution in [0.3, 0.4) is 0 Å². The number of alkyl halides is 3. The normalized spacial score (nSPS) is 21.7. The summed E-state index contributed by atoms with van der Waals surface area (Å²) in [5.74, 6) is -2.04. The highest BCUT2D eigenvalue weighted by molar-refractivity contribution is 5.97. The maximum absolute atomic E-state index is 12.8. The molecule has 4 amide bonds. The molecule has 10 heteroatoms. The minimum absolute atomic E-state index is 0.00197. The number of carbonyl (C=O) groups excluding carboxylic acids is 3. The molecule has 0 bridgehead atoms. The SMILES string of the molecule is O=C1C[C@@H](C(=O)N[C@@H](c2cccc(OC(F)(F)F)c2)C2CCCC2)CNC(=O)N1. The first-order valence-electron chi connectivity index (χ1n) is 9.45. The molecule has 2 aliphatic rings. The first-order chi connectivity index (χ1) is 13.7. The number of hydrogen-bond donors (Lipinski definition) is 3. The van der Waals surface area contributed by atoms with Crippen molar-refractivity contribution in [3.8, 4) is 5.75 Å². The van der Waals surface area contributed by atoms with E-state index in [-0.39, 0.29) is 24.6 Å². The molecule has 2 atom stereocenters. The van der Waals surface area contributed by atoms with Crippen molar-refractivity contribution in [3.05, 3.63) is 29.8 Å². The monoisotopic (exact) mass is 413 g/mol. The van der Waals surface area contributed by atoms with Crippen LogP contribution >= 0.6 is 0 Å². The zero-order valence-electron chi connectivity index (χ0n) is 15.6. The number of nitrogens with one attached hydrogen (secondary N) is 3. The summed E-state index contributed by atoms with van der Waals surface area (Å²) in [6, 6.07) is 4.41. The molecule has 158 valence electrons. The predicted octanol–water partition coefficient (Wildman–Crippen LogP) is 2.78. The van der Waals surface area contributed by atoms with Gasteiger partial charge in [0.25, 0.3) is 0 Å². The first kappa shape index (κ1) is 20.9. The lowest BCUT2D eigenvalue weighted by molar-refractivity contribution is -0.274. The van der Waals surface area contributed by atoms with E-state index in [1.165, 1.54) is 18.2 Å². The number of urea groups is 1. The second kappa shape index (κ2) is 8.71. The lowest BCUT2D eigenvalue weighted by atomic mass is 9.90. The number of ether oxygens (including phenoxy) is 1. The van der Waals surface area contributed by atoms with Gasteiger partial charge in [0.15, 0.2) is 0 Å². The zero-order valence-corrected chi connectivity index (χ0v) is 15.6. The second-order valence-corrected chi connectivity index (χ2v) is 7.31. The van der Waals surface area contributed by atoms with Crippen molar-refractivity contribution in [2.24, 2.45) is 11.8 Å². The first-order valence-corrected chi connectivity index (χ1v) is 9.45. The van der Waals surface area contributed by atoms with E-state index in [1.54, 1.807) is 6.07 Å². The smallest absolute Gasteiger partial charge is 0.406 e. The summed E-state index contributed by atoms with van der Waals surface area (Å²) in [7, 11) is 0. The summed E-state index contributed by atoms with van der Waals surface area (Å²) in [5.41, 5.74) is 0.508. The largest absolute Gasteiger partial charge is 0.573 e. The van der Waals surface area contributed by atoms with Crippen molar-refractivity contribution in [3.63, 3.8) is 0 Å². The maximum Gasteiger partial charge on any atom is 0.573 e. The quantitative estimate of drug-likeness (QED) is 0.692. The van der Waals surface area contributed by atoms with Gasteiger partial charge in [0, 0.05) is 13.0 Å². The summed E-state index contributed by atoms with van der Waals surface area (Å²) in [6.45, 7) is -0.00197. The average molecular weight is 413 g/mol. The van der Waals surface area contributed by atoms with Crippen molar-refractivity contribution in [2.45, 2.75) is 44.5 Å². The highest BCUT2D eigenvalue weighted by Crippen LogP contribution is 2.37. The van der Waals surface area contributed by atoms with E-state index in [2.05, 4.69) is 20.7 Å². The Morgan fingerprint density at radius 2 is 1.93 bits per heavy atom. The maximum atomic E-state index is 12.8. The molecule has 0 spiro atoms. The molecule has 0 unspecified atom stereocenters. The van der Waals surface area contributed by atoms with Crippen molar-refractivity contribution >= 4 is 17.8 Å². The third-order valence-electron chi connectivity index (χ3n) is 5.18. The van der Waals surface area contributed by atoms with Gasteiger partial charge >= 0.3 is 12.4 Å². The van der Waals surface area contributed by atoms with Crippen LogP contribution in [0.4, 0.5) is 18.0 Å². The molecule has 1 saturated carbocycles. The molecular weight excluding hydrogens is 391 g/mol. The molecule has 2 fully saturated rings. The van der Waals surface area contributed by atoms with Gasteiger partial charge in [-0.05, 0) is 36.5 Å². The molecule has 0 radical (unpaired) electrons. The highest BCUT2D eigenvalue weighted by Gasteiger charge is 2.34. The fourth-order valence-electron chi connectivity index (χ4n) is 3.86. The molecule has 29 heavy (non-hydrogen) atoms. The second-order valence-electron chi connectivity index (χ2n) is 7.31. The molecular formula is C19H22F3N3O4. The van der Waals surface area contributed by atoms with E-state index in [0.717, 1.165) is 25.7 Å². The van der Waals surface area contributed by atoms with E-state index < -0.39 is 36.2 Å². The Balaban J connectivity index is 1.79. The van der Waals surface area contributed by atoms with Gasteiger partial charge in [-0.15, -0.1) is 13.2 Å². The molecule has 0 aromatic heterocycles. The summed E-state index contributed by atoms with van der Waals surface area (Å²) in [4.78, 5) is 35.9. The van der Waals surface area contributed by atoms with Gasteiger partial charge in [-0.1, -0.05) is 25.0 Å². The van der Waals surface area contributed by atoms with Crippen molar-refractivity contribution in [1.82, 2.24) is 16.0 Å². The van der Waals surface area contributed by atoms with Crippen LogP contribution in [-0.4, -0.2) is 30.8 Å². The molecule has 1 heterocycles. The van der Waals surface area contributed by atoms with Gasteiger partial charge in [-0.3, -0.25) is 14.9 Å². The van der Waals surface area contributed by atoms with Crippen LogP contribution in [0.25, 0.3) is 0 Å². The highest BCUT2D eigenvalue weighted by atomic mass is 19.4. The van der Waals surface area contributed by atoms with Crippen LogP contribution in [-0.2, 0) is 9.59 Å². The summed E-state index contributed by atoms with van der Waals surface area (Å²) in [5, 5.41) is 7.44. The molecule has 7 nitrogen and oxygen atoms in total. The van der Waals surface area contributed by atoms with E-state index in [4.69, 9.17) is 0 Å². The van der Waals surface area contributed by atoms with E-state index >= 15 is 0 Å². The Kier molecular flexibility index (Phi) is 6.29. The molecule has 1 aromatic rings. The van der Waals surface area contributed by atoms with Crippen LogP contribution in [0.15, 0.2) is 24.3 Å². The van der Waals surface area contributed by atoms with Gasteiger partial charge in [0.05, 0.1) is 12.0 Å². The lowest BCUT2D eigenvalue weighted by Crippen LogP contribution is -2.41. The Labute approximate surface area is 165 Å². The zero-order chi connectivity index (χ0) is 21.0. The number of amides is 4. The van der Waals surface area contributed by atoms with Gasteiger partial charge in [-0.25, -0.2) is 4.79 Å². The van der Waals surface area contributed by atoms with Crippen LogP contribution in [0, 0.1) is 11.8 Å². The standard InChI is InChI=1S/C19H22F3N3O4/c20-19(21,22)29-14-7-3-6-12(8-14)16(11-4-1-2-5-11)25-17(27)13-9-15(26)24-18(28)23-10-13/h3,6-8,11,13,16H,1-2,4-5,9-10H2,(H,25,27)(H2,23,24,26,28)/t13-,16-/m1/s1. The number of carbonyl (C=O) groups is 3. The van der Waals surface area contributed by atoms with Crippen molar-refractivity contribution in [2.75, 3.05) is 6.54 Å². The molecule has 1 aromatic carbocycles. The summed E-state index contributed by atoms with van der Waals surface area (Å²) < 4.78 is 41.7. The molecule has 3 rings (SSSR count). The van der Waals surface area contributed by atoms with E-state index in [1.807, 2.05) is 0 Å². The minimum Gasteiger partial charge on any atom is -0.406 e. The van der Waals surface area contributed by atoms with Gasteiger partial charge in [0.1, 0.15) is 5.75 Å². The predicted molar refractivity (Wildman–Crippen MR) is 95.6 cm³/mol. The van der Waals surface area contributed by atoms with Crippen LogP contribution in [0.2, 0.25) is 0 Å². The fourth-order valence-corrected chi connectivity index (χ4v) is 3.86. The Hall–Kier alpha value is -2.78. The van der Waals surface area contributed by atoms with Gasteiger partial charge in [-0.2, -0.15) is 0 Å². The average Bonchev–Trinajstić information content (AvgIpc) is 3.09. The van der Waals surface area contributed by atoms with E-state index in [0.29, 0.717) is 5.56 Å². The van der Waals surface area contributed by atoms with Crippen LogP contribution < -0.4 is 20.7 Å². The summed E-state index contributed by atoms with van der Waals surface area (Å²) in [6.07, 6.45) is -1.36. The third-order valence-corrected chi connectivity index (χ3v) is 5.18. The number of benzene rings is 1. The van der Waals surface area contributed by atoms with Crippen molar-refractivity contribution in [1.29, 1.82) is 0 Å². The summed E-state index contributed by atoms with van der Waals surface area (Å²) >= 11 is 0. The van der Waals surface area contributed by atoms with Gasteiger partial charge < -0.3 is 15.4 Å².